The molecule has 10 heteroatoms. The summed E-state index contributed by atoms with van der Waals surface area (Å²) < 4.78 is 60.3. The number of aryl methyl sites for hydroxylation is 1. The fourth-order valence-corrected chi connectivity index (χ4v) is 2.35. The minimum Gasteiger partial charge on any atom is -0.342 e. The molecule has 0 saturated heterocycles. The van der Waals surface area contributed by atoms with Crippen molar-refractivity contribution in [2.45, 2.75) is 24.5 Å². The lowest BCUT2D eigenvalue weighted by Crippen LogP contribution is -2.36. The van der Waals surface area contributed by atoms with Crippen molar-refractivity contribution in [3.63, 3.8) is 0 Å². The number of hydrogen-bond acceptors (Lipinski definition) is 3. The maximum Gasteiger partial charge on any atom is 0.406 e. The Morgan fingerprint density at radius 2 is 2.00 bits per heavy atom. The van der Waals surface area contributed by atoms with Gasteiger partial charge in [-0.05, 0) is 13.0 Å². The molecule has 1 rings (SSSR count). The predicted molar refractivity (Wildman–Crippen MR) is 66.2 cm³/mol. The standard InChI is InChI=1S/C10H12ClF3N2O3S/c1-3-16-5-7(20(11,18)19)4-8(16)9(17)15(2)6-10(12,13)14/h4-5H,3,6H2,1-2H3. The van der Waals surface area contributed by atoms with Crippen molar-refractivity contribution in [1.29, 1.82) is 0 Å². The summed E-state index contributed by atoms with van der Waals surface area (Å²) >= 11 is 0. The molecule has 1 aromatic heterocycles. The van der Waals surface area contributed by atoms with Gasteiger partial charge in [0.2, 0.25) is 0 Å². The molecule has 0 aliphatic rings. The van der Waals surface area contributed by atoms with Gasteiger partial charge in [-0.3, -0.25) is 4.79 Å². The monoisotopic (exact) mass is 332 g/mol. The summed E-state index contributed by atoms with van der Waals surface area (Å²) in [6, 6.07) is 0.959. The Kier molecular flexibility index (Phi) is 4.75. The first-order valence-electron chi connectivity index (χ1n) is 5.42. The molecule has 0 spiro atoms. The highest BCUT2D eigenvalue weighted by Crippen LogP contribution is 2.21. The minimum absolute atomic E-state index is 0.168. The van der Waals surface area contributed by atoms with Gasteiger partial charge in [-0.25, -0.2) is 8.42 Å². The molecule has 20 heavy (non-hydrogen) atoms. The molecule has 0 saturated carbocycles. The second kappa shape index (κ2) is 5.65. The largest absolute Gasteiger partial charge is 0.406 e. The molecule has 1 heterocycles. The lowest BCUT2D eigenvalue weighted by atomic mass is 10.3. The van der Waals surface area contributed by atoms with Gasteiger partial charge in [0.15, 0.2) is 0 Å². The molecule has 0 fully saturated rings. The fraction of sp³-hybridized carbons (Fsp3) is 0.500. The number of aromatic nitrogens is 1. The lowest BCUT2D eigenvalue weighted by molar-refractivity contribution is -0.138. The number of halogens is 4. The quantitative estimate of drug-likeness (QED) is 0.793. The lowest BCUT2D eigenvalue weighted by Gasteiger charge is -2.19. The van der Waals surface area contributed by atoms with Crippen LogP contribution in [0.3, 0.4) is 0 Å². The predicted octanol–water partition coefficient (Wildman–Crippen LogP) is 2.07. The van der Waals surface area contributed by atoms with E-state index in [1.165, 1.54) is 4.57 Å². The summed E-state index contributed by atoms with van der Waals surface area (Å²) in [6.45, 7) is 0.405. The highest BCUT2D eigenvalue weighted by molar-refractivity contribution is 8.13. The zero-order valence-electron chi connectivity index (χ0n) is 10.6. The molecule has 0 N–H and O–H groups in total. The van der Waals surface area contributed by atoms with Crippen molar-refractivity contribution in [3.05, 3.63) is 18.0 Å². The van der Waals surface area contributed by atoms with E-state index in [-0.39, 0.29) is 17.1 Å². The third-order valence-corrected chi connectivity index (χ3v) is 3.80. The molecule has 0 aliphatic carbocycles. The molecule has 0 aromatic carbocycles. The van der Waals surface area contributed by atoms with Gasteiger partial charge in [-0.1, -0.05) is 0 Å². The third-order valence-electron chi connectivity index (χ3n) is 2.48. The van der Waals surface area contributed by atoms with Gasteiger partial charge in [0.05, 0.1) is 0 Å². The topological polar surface area (TPSA) is 59.4 Å². The molecule has 114 valence electrons. The summed E-state index contributed by atoms with van der Waals surface area (Å²) in [7, 11) is 2.08. The Morgan fingerprint density at radius 3 is 2.40 bits per heavy atom. The van der Waals surface area contributed by atoms with E-state index in [0.29, 0.717) is 4.90 Å². The Balaban J connectivity index is 3.13. The number of hydrogen-bond donors (Lipinski definition) is 0. The van der Waals surface area contributed by atoms with Crippen LogP contribution in [0.1, 0.15) is 17.4 Å². The van der Waals surface area contributed by atoms with Crippen LogP contribution in [0.15, 0.2) is 17.2 Å². The van der Waals surface area contributed by atoms with Gasteiger partial charge >= 0.3 is 6.18 Å². The van der Waals surface area contributed by atoms with E-state index in [0.717, 1.165) is 19.3 Å². The SMILES string of the molecule is CCn1cc(S(=O)(=O)Cl)cc1C(=O)N(C)CC(F)(F)F. The van der Waals surface area contributed by atoms with Crippen LogP contribution in [0, 0.1) is 0 Å². The van der Waals surface area contributed by atoms with E-state index in [1.807, 2.05) is 0 Å². The van der Waals surface area contributed by atoms with E-state index in [2.05, 4.69) is 0 Å². The molecular formula is C10H12ClF3N2O3S. The van der Waals surface area contributed by atoms with Crippen molar-refractivity contribution in [1.82, 2.24) is 9.47 Å². The third kappa shape index (κ3) is 4.14. The minimum atomic E-state index is -4.53. The average molecular weight is 333 g/mol. The van der Waals surface area contributed by atoms with Gasteiger partial charge in [-0.15, -0.1) is 0 Å². The van der Waals surface area contributed by atoms with E-state index >= 15 is 0 Å². The number of nitrogens with zero attached hydrogens (tertiary/aromatic N) is 2. The maximum absolute atomic E-state index is 12.2. The van der Waals surface area contributed by atoms with Crippen LogP contribution >= 0.6 is 10.7 Å². The highest BCUT2D eigenvalue weighted by Gasteiger charge is 2.32. The van der Waals surface area contributed by atoms with Gasteiger partial charge in [0.1, 0.15) is 17.1 Å². The Hall–Kier alpha value is -1.22. The average Bonchev–Trinajstić information content (AvgIpc) is 2.68. The van der Waals surface area contributed by atoms with Crippen LogP contribution in [0.5, 0.6) is 0 Å². The van der Waals surface area contributed by atoms with E-state index in [4.69, 9.17) is 10.7 Å². The van der Waals surface area contributed by atoms with E-state index in [9.17, 15) is 26.4 Å². The van der Waals surface area contributed by atoms with Crippen LogP contribution in [0.4, 0.5) is 13.2 Å². The number of alkyl halides is 3. The van der Waals surface area contributed by atoms with Gasteiger partial charge in [0.25, 0.3) is 15.0 Å². The summed E-state index contributed by atoms with van der Waals surface area (Å²) in [5.41, 5.74) is -0.168. The first kappa shape index (κ1) is 16.8. The van der Waals surface area contributed by atoms with Crippen LogP contribution in [-0.2, 0) is 15.6 Å². The summed E-state index contributed by atoms with van der Waals surface area (Å²) in [5.74, 6) is -0.934. The van der Waals surface area contributed by atoms with E-state index in [1.54, 1.807) is 6.92 Å². The Labute approximate surface area is 118 Å². The molecule has 5 nitrogen and oxygen atoms in total. The first-order valence-corrected chi connectivity index (χ1v) is 7.73. The van der Waals surface area contributed by atoms with Crippen LogP contribution in [-0.4, -0.2) is 43.6 Å². The van der Waals surface area contributed by atoms with Crippen molar-refractivity contribution >= 4 is 25.6 Å². The first-order chi connectivity index (χ1) is 8.95. The van der Waals surface area contributed by atoms with Gasteiger partial charge < -0.3 is 9.47 Å². The zero-order chi connectivity index (χ0) is 15.7. The van der Waals surface area contributed by atoms with Crippen LogP contribution in [0.25, 0.3) is 0 Å². The highest BCUT2D eigenvalue weighted by atomic mass is 35.7. The summed E-state index contributed by atoms with van der Waals surface area (Å²) in [6.07, 6.45) is -3.42. The number of carbonyl (C=O) groups excluding carboxylic acids is 1. The Morgan fingerprint density at radius 1 is 1.45 bits per heavy atom. The van der Waals surface area contributed by atoms with Crippen molar-refractivity contribution in [2.75, 3.05) is 13.6 Å². The van der Waals surface area contributed by atoms with Gasteiger partial charge in [0, 0.05) is 30.5 Å². The molecule has 0 bridgehead atoms. The molecular weight excluding hydrogens is 321 g/mol. The normalized spacial score (nSPS) is 12.5. The fourth-order valence-electron chi connectivity index (χ4n) is 1.59. The Bertz CT molecular complexity index is 610. The molecule has 0 radical (unpaired) electrons. The maximum atomic E-state index is 12.2. The number of rotatable bonds is 4. The number of amides is 1. The van der Waals surface area contributed by atoms with E-state index < -0.39 is 27.7 Å². The van der Waals surface area contributed by atoms with Crippen LogP contribution < -0.4 is 0 Å². The van der Waals surface area contributed by atoms with Crippen molar-refractivity contribution in [3.8, 4) is 0 Å². The molecule has 1 aromatic rings. The number of carbonyl (C=O) groups is 1. The second-order valence-electron chi connectivity index (χ2n) is 4.06. The molecule has 0 aliphatic heterocycles. The molecule has 1 amide bonds. The molecule has 0 atom stereocenters. The summed E-state index contributed by atoms with van der Waals surface area (Å²) in [5, 5.41) is 0. The molecule has 0 unspecified atom stereocenters. The second-order valence-corrected chi connectivity index (χ2v) is 6.63. The van der Waals surface area contributed by atoms with Gasteiger partial charge in [-0.2, -0.15) is 13.2 Å². The van der Waals surface area contributed by atoms with Crippen molar-refractivity contribution in [2.24, 2.45) is 0 Å². The summed E-state index contributed by atoms with van der Waals surface area (Å²) in [4.78, 5) is 12.0. The zero-order valence-corrected chi connectivity index (χ0v) is 12.2. The smallest absolute Gasteiger partial charge is 0.342 e. The van der Waals surface area contributed by atoms with Crippen molar-refractivity contribution < 1.29 is 26.4 Å². The van der Waals surface area contributed by atoms with Crippen LogP contribution in [0.2, 0.25) is 0 Å².